The van der Waals surface area contributed by atoms with Crippen LogP contribution in [0.4, 0.5) is 5.69 Å². The van der Waals surface area contributed by atoms with Crippen molar-refractivity contribution >= 4 is 21.6 Å². The largest absolute Gasteiger partial charge is 0.454 e. The van der Waals surface area contributed by atoms with Gasteiger partial charge in [-0.1, -0.05) is 22.0 Å². The predicted molar refractivity (Wildman–Crippen MR) is 78.7 cm³/mol. The predicted octanol–water partition coefficient (Wildman–Crippen LogP) is 4.35. The van der Waals surface area contributed by atoms with Crippen molar-refractivity contribution in [1.82, 2.24) is 0 Å². The SMILES string of the molecule is CC(Nc1ccc(Br)cc1)c1ccc2c(c1)OCO2. The van der Waals surface area contributed by atoms with E-state index in [1.165, 1.54) is 5.56 Å². The minimum absolute atomic E-state index is 0.204. The van der Waals surface area contributed by atoms with E-state index in [0.717, 1.165) is 21.7 Å². The Hall–Kier alpha value is -1.68. The number of fused-ring (bicyclic) bond motifs is 1. The Labute approximate surface area is 120 Å². The zero-order valence-electron chi connectivity index (χ0n) is 10.5. The van der Waals surface area contributed by atoms with Gasteiger partial charge in [0.1, 0.15) is 0 Å². The zero-order valence-corrected chi connectivity index (χ0v) is 12.1. The third-order valence-electron chi connectivity index (χ3n) is 3.12. The van der Waals surface area contributed by atoms with Crippen LogP contribution in [0.2, 0.25) is 0 Å². The molecule has 0 amide bonds. The Bertz CT molecular complexity index is 583. The summed E-state index contributed by atoms with van der Waals surface area (Å²) in [7, 11) is 0. The van der Waals surface area contributed by atoms with E-state index < -0.39 is 0 Å². The molecular weight excluding hydrogens is 306 g/mol. The number of benzene rings is 2. The molecule has 19 heavy (non-hydrogen) atoms. The Morgan fingerprint density at radius 2 is 1.79 bits per heavy atom. The van der Waals surface area contributed by atoms with Gasteiger partial charge in [0.2, 0.25) is 6.79 Å². The first-order valence-corrected chi connectivity index (χ1v) is 6.93. The third-order valence-corrected chi connectivity index (χ3v) is 3.65. The molecule has 0 bridgehead atoms. The first-order chi connectivity index (χ1) is 9.22. The van der Waals surface area contributed by atoms with Crippen molar-refractivity contribution in [2.24, 2.45) is 0 Å². The van der Waals surface area contributed by atoms with Gasteiger partial charge in [-0.2, -0.15) is 0 Å². The van der Waals surface area contributed by atoms with Crippen LogP contribution >= 0.6 is 15.9 Å². The van der Waals surface area contributed by atoms with E-state index in [4.69, 9.17) is 9.47 Å². The van der Waals surface area contributed by atoms with Crippen LogP contribution in [0.5, 0.6) is 11.5 Å². The molecule has 1 N–H and O–H groups in total. The van der Waals surface area contributed by atoms with Crippen molar-refractivity contribution in [1.29, 1.82) is 0 Å². The summed E-state index contributed by atoms with van der Waals surface area (Å²) < 4.78 is 11.8. The van der Waals surface area contributed by atoms with E-state index in [1.54, 1.807) is 0 Å². The number of rotatable bonds is 3. The number of halogens is 1. The second-order valence-electron chi connectivity index (χ2n) is 4.49. The Kier molecular flexibility index (Phi) is 3.34. The molecule has 1 aliphatic heterocycles. The first-order valence-electron chi connectivity index (χ1n) is 6.14. The molecule has 0 aliphatic carbocycles. The molecule has 1 aliphatic rings. The smallest absolute Gasteiger partial charge is 0.231 e. The molecule has 1 unspecified atom stereocenters. The molecular formula is C15H14BrNO2. The van der Waals surface area contributed by atoms with Gasteiger partial charge in [-0.3, -0.25) is 0 Å². The lowest BCUT2D eigenvalue weighted by molar-refractivity contribution is 0.174. The van der Waals surface area contributed by atoms with Crippen molar-refractivity contribution in [3.63, 3.8) is 0 Å². The lowest BCUT2D eigenvalue weighted by Crippen LogP contribution is -2.06. The summed E-state index contributed by atoms with van der Waals surface area (Å²) in [5.41, 5.74) is 2.26. The topological polar surface area (TPSA) is 30.5 Å². The molecule has 0 saturated carbocycles. The summed E-state index contributed by atoms with van der Waals surface area (Å²) >= 11 is 3.43. The Morgan fingerprint density at radius 1 is 1.05 bits per heavy atom. The highest BCUT2D eigenvalue weighted by atomic mass is 79.9. The van der Waals surface area contributed by atoms with Crippen LogP contribution in [-0.4, -0.2) is 6.79 Å². The Balaban J connectivity index is 1.76. The van der Waals surface area contributed by atoms with Gasteiger partial charge in [-0.05, 0) is 48.9 Å². The second kappa shape index (κ2) is 5.13. The summed E-state index contributed by atoms with van der Waals surface area (Å²) in [6.07, 6.45) is 0. The Morgan fingerprint density at radius 3 is 2.58 bits per heavy atom. The van der Waals surface area contributed by atoms with Crippen molar-refractivity contribution in [3.05, 3.63) is 52.5 Å². The molecule has 2 aromatic rings. The molecule has 3 nitrogen and oxygen atoms in total. The highest BCUT2D eigenvalue weighted by Gasteiger charge is 2.15. The quantitative estimate of drug-likeness (QED) is 0.912. The molecule has 98 valence electrons. The van der Waals surface area contributed by atoms with E-state index in [-0.39, 0.29) is 6.04 Å². The van der Waals surface area contributed by atoms with E-state index >= 15 is 0 Å². The van der Waals surface area contributed by atoms with Crippen LogP contribution in [0.1, 0.15) is 18.5 Å². The van der Waals surface area contributed by atoms with Crippen molar-refractivity contribution in [3.8, 4) is 11.5 Å². The lowest BCUT2D eigenvalue weighted by atomic mass is 10.1. The molecule has 3 rings (SSSR count). The van der Waals surface area contributed by atoms with Gasteiger partial charge in [-0.15, -0.1) is 0 Å². The van der Waals surface area contributed by atoms with Crippen LogP contribution in [0.25, 0.3) is 0 Å². The normalized spacial score (nSPS) is 14.2. The average Bonchev–Trinajstić information content (AvgIpc) is 2.88. The molecule has 0 fully saturated rings. The van der Waals surface area contributed by atoms with Crippen LogP contribution in [0, 0.1) is 0 Å². The molecule has 1 atom stereocenters. The summed E-state index contributed by atoms with van der Waals surface area (Å²) in [6, 6.07) is 14.4. The van der Waals surface area contributed by atoms with Crippen molar-refractivity contribution in [2.75, 3.05) is 12.1 Å². The molecule has 0 aromatic heterocycles. The zero-order chi connectivity index (χ0) is 13.2. The van der Waals surface area contributed by atoms with Gasteiger partial charge in [0.05, 0.1) is 0 Å². The van der Waals surface area contributed by atoms with Gasteiger partial charge in [0, 0.05) is 16.2 Å². The standard InChI is InChI=1S/C15H14BrNO2/c1-10(17-13-5-3-12(16)4-6-13)11-2-7-14-15(8-11)19-9-18-14/h2-8,10,17H,9H2,1H3. The van der Waals surface area contributed by atoms with Gasteiger partial charge in [-0.25, -0.2) is 0 Å². The molecule has 4 heteroatoms. The summed E-state index contributed by atoms with van der Waals surface area (Å²) in [5.74, 6) is 1.64. The minimum atomic E-state index is 0.204. The monoisotopic (exact) mass is 319 g/mol. The van der Waals surface area contributed by atoms with Gasteiger partial charge in [0.15, 0.2) is 11.5 Å². The number of ether oxygens (including phenoxy) is 2. The molecule has 0 radical (unpaired) electrons. The highest BCUT2D eigenvalue weighted by Crippen LogP contribution is 2.34. The van der Waals surface area contributed by atoms with Gasteiger partial charge in [0.25, 0.3) is 0 Å². The fourth-order valence-electron chi connectivity index (χ4n) is 2.06. The van der Waals surface area contributed by atoms with Crippen LogP contribution in [-0.2, 0) is 0 Å². The minimum Gasteiger partial charge on any atom is -0.454 e. The maximum absolute atomic E-state index is 5.40. The maximum atomic E-state index is 5.40. The van der Waals surface area contributed by atoms with Gasteiger partial charge < -0.3 is 14.8 Å². The number of nitrogens with one attached hydrogen (secondary N) is 1. The van der Waals surface area contributed by atoms with E-state index in [2.05, 4.69) is 34.2 Å². The highest BCUT2D eigenvalue weighted by molar-refractivity contribution is 9.10. The number of anilines is 1. The van der Waals surface area contributed by atoms with Crippen molar-refractivity contribution in [2.45, 2.75) is 13.0 Å². The van der Waals surface area contributed by atoms with Crippen LogP contribution in [0.3, 0.4) is 0 Å². The fourth-order valence-corrected chi connectivity index (χ4v) is 2.33. The fraction of sp³-hybridized carbons (Fsp3) is 0.200. The number of hydrogen-bond acceptors (Lipinski definition) is 3. The molecule has 0 spiro atoms. The first kappa shape index (κ1) is 12.4. The van der Waals surface area contributed by atoms with E-state index in [9.17, 15) is 0 Å². The summed E-state index contributed by atoms with van der Waals surface area (Å²) in [5, 5.41) is 3.46. The summed E-state index contributed by atoms with van der Waals surface area (Å²) in [4.78, 5) is 0. The van der Waals surface area contributed by atoms with Crippen LogP contribution < -0.4 is 14.8 Å². The molecule has 0 saturated heterocycles. The van der Waals surface area contributed by atoms with Crippen molar-refractivity contribution < 1.29 is 9.47 Å². The maximum Gasteiger partial charge on any atom is 0.231 e. The average molecular weight is 320 g/mol. The van der Waals surface area contributed by atoms with Gasteiger partial charge >= 0.3 is 0 Å². The number of hydrogen-bond donors (Lipinski definition) is 1. The molecule has 2 aromatic carbocycles. The van der Waals surface area contributed by atoms with E-state index in [1.807, 2.05) is 36.4 Å². The van der Waals surface area contributed by atoms with E-state index in [0.29, 0.717) is 6.79 Å². The molecule has 1 heterocycles. The lowest BCUT2D eigenvalue weighted by Gasteiger charge is -2.16. The third kappa shape index (κ3) is 2.68. The second-order valence-corrected chi connectivity index (χ2v) is 5.40. The summed E-state index contributed by atoms with van der Waals surface area (Å²) in [6.45, 7) is 2.44. The van der Waals surface area contributed by atoms with Crippen LogP contribution in [0.15, 0.2) is 46.9 Å².